The Labute approximate surface area is 110 Å². The average molecular weight is 270 g/mol. The highest BCUT2D eigenvalue weighted by Gasteiger charge is 2.30. The molecule has 3 N–H and O–H groups in total. The molecule has 1 amide bonds. The molecule has 0 spiro atoms. The molecule has 3 nitrogen and oxygen atoms in total. The van der Waals surface area contributed by atoms with E-state index in [0.717, 1.165) is 12.2 Å². The van der Waals surface area contributed by atoms with Crippen LogP contribution in [0.4, 0.5) is 0 Å². The monoisotopic (exact) mass is 270 g/mol. The Morgan fingerprint density at radius 2 is 2.41 bits per heavy atom. The highest BCUT2D eigenvalue weighted by atomic mass is 32.2. The number of amides is 1. The fourth-order valence-corrected chi connectivity index (χ4v) is 4.11. The van der Waals surface area contributed by atoms with Crippen molar-refractivity contribution in [1.82, 2.24) is 5.32 Å². The average Bonchev–Trinajstić information content (AvgIpc) is 2.76. The van der Waals surface area contributed by atoms with Gasteiger partial charge < -0.3 is 11.1 Å². The molecule has 1 atom stereocenters. The van der Waals surface area contributed by atoms with Crippen molar-refractivity contribution in [3.05, 3.63) is 21.9 Å². The lowest BCUT2D eigenvalue weighted by atomic mass is 10.0. The number of hydrogen-bond acceptors (Lipinski definition) is 4. The van der Waals surface area contributed by atoms with E-state index in [0.29, 0.717) is 6.54 Å². The molecular weight excluding hydrogens is 252 g/mol. The Hall–Kier alpha value is -0.520. The summed E-state index contributed by atoms with van der Waals surface area (Å²) >= 11 is 3.48. The van der Waals surface area contributed by atoms with Crippen molar-refractivity contribution in [2.24, 2.45) is 5.73 Å². The smallest absolute Gasteiger partial charge is 0.238 e. The molecule has 1 aromatic heterocycles. The first-order chi connectivity index (χ1) is 8.03. The largest absolute Gasteiger partial charge is 0.349 e. The van der Waals surface area contributed by atoms with Gasteiger partial charge in [0.2, 0.25) is 5.91 Å². The molecule has 1 aliphatic rings. The van der Waals surface area contributed by atoms with E-state index < -0.39 is 0 Å². The molecule has 5 heteroatoms. The first-order valence-corrected chi connectivity index (χ1v) is 7.66. The van der Waals surface area contributed by atoms with E-state index in [4.69, 9.17) is 5.73 Å². The second-order valence-electron chi connectivity index (χ2n) is 4.88. The predicted octanol–water partition coefficient (Wildman–Crippen LogP) is 1.93. The fourth-order valence-electron chi connectivity index (χ4n) is 1.81. The number of aryl methyl sites for hydroxylation is 1. The van der Waals surface area contributed by atoms with E-state index in [2.05, 4.69) is 16.8 Å². The van der Waals surface area contributed by atoms with Crippen molar-refractivity contribution in [1.29, 1.82) is 0 Å². The van der Waals surface area contributed by atoms with Crippen LogP contribution in [0.5, 0.6) is 0 Å². The lowest BCUT2D eigenvalue weighted by Gasteiger charge is -2.28. The molecule has 0 fully saturated rings. The van der Waals surface area contributed by atoms with Gasteiger partial charge in [-0.25, -0.2) is 0 Å². The second kappa shape index (κ2) is 5.00. The quantitative estimate of drug-likeness (QED) is 0.882. The summed E-state index contributed by atoms with van der Waals surface area (Å²) in [6.45, 7) is 4.35. The zero-order valence-electron chi connectivity index (χ0n) is 10.2. The van der Waals surface area contributed by atoms with Crippen LogP contribution < -0.4 is 11.1 Å². The van der Waals surface area contributed by atoms with Crippen LogP contribution in [-0.2, 0) is 11.2 Å². The van der Waals surface area contributed by atoms with Gasteiger partial charge in [0, 0.05) is 17.0 Å². The van der Waals surface area contributed by atoms with Crippen molar-refractivity contribution in [2.45, 2.75) is 31.1 Å². The van der Waals surface area contributed by atoms with Gasteiger partial charge in [-0.15, -0.1) is 23.1 Å². The molecule has 94 valence electrons. The molecule has 2 heterocycles. The SMILES string of the molecule is CC(C)(CN)NC(=O)C1SCCc2sccc21. The van der Waals surface area contributed by atoms with Crippen LogP contribution in [0.3, 0.4) is 0 Å². The van der Waals surface area contributed by atoms with Crippen molar-refractivity contribution >= 4 is 29.0 Å². The van der Waals surface area contributed by atoms with Gasteiger partial charge in [-0.05, 0) is 43.0 Å². The Morgan fingerprint density at radius 1 is 1.65 bits per heavy atom. The van der Waals surface area contributed by atoms with Gasteiger partial charge in [0.25, 0.3) is 0 Å². The van der Waals surface area contributed by atoms with E-state index in [1.54, 1.807) is 23.1 Å². The molecule has 0 saturated heterocycles. The van der Waals surface area contributed by atoms with Gasteiger partial charge in [0.1, 0.15) is 5.25 Å². The van der Waals surface area contributed by atoms with Crippen molar-refractivity contribution < 1.29 is 4.79 Å². The molecular formula is C12H18N2OS2. The number of nitrogens with two attached hydrogens (primary N) is 1. The first-order valence-electron chi connectivity index (χ1n) is 5.73. The normalized spacial score (nSPS) is 19.8. The fraction of sp³-hybridized carbons (Fsp3) is 0.583. The summed E-state index contributed by atoms with van der Waals surface area (Å²) in [6, 6.07) is 2.08. The summed E-state index contributed by atoms with van der Waals surface area (Å²) in [5.41, 5.74) is 6.50. The number of thioether (sulfide) groups is 1. The van der Waals surface area contributed by atoms with Crippen LogP contribution >= 0.6 is 23.1 Å². The zero-order chi connectivity index (χ0) is 12.5. The number of rotatable bonds is 3. The molecule has 0 radical (unpaired) electrons. The van der Waals surface area contributed by atoms with Gasteiger partial charge in [-0.1, -0.05) is 0 Å². The van der Waals surface area contributed by atoms with E-state index in [-0.39, 0.29) is 16.7 Å². The molecule has 0 aromatic carbocycles. The minimum absolute atomic E-state index is 0.0594. The van der Waals surface area contributed by atoms with Crippen molar-refractivity contribution in [3.8, 4) is 0 Å². The third-order valence-electron chi connectivity index (χ3n) is 2.89. The third-order valence-corrected chi connectivity index (χ3v) is 5.12. The number of carbonyl (C=O) groups excluding carboxylic acids is 1. The van der Waals surface area contributed by atoms with Crippen LogP contribution in [0.2, 0.25) is 0 Å². The van der Waals surface area contributed by atoms with Gasteiger partial charge in [-0.2, -0.15) is 0 Å². The standard InChI is InChI=1S/C12H18N2OS2/c1-12(2,7-13)14-11(15)10-8-3-5-16-9(8)4-6-17-10/h3,5,10H,4,6-7,13H2,1-2H3,(H,14,15). The summed E-state index contributed by atoms with van der Waals surface area (Å²) in [5, 5.41) is 5.04. The summed E-state index contributed by atoms with van der Waals surface area (Å²) in [5.74, 6) is 1.11. The topological polar surface area (TPSA) is 55.1 Å². The molecule has 1 unspecified atom stereocenters. The predicted molar refractivity (Wildman–Crippen MR) is 74.5 cm³/mol. The summed E-state index contributed by atoms with van der Waals surface area (Å²) in [6.07, 6.45) is 1.09. The maximum atomic E-state index is 12.3. The number of carbonyl (C=O) groups is 1. The molecule has 0 saturated carbocycles. The van der Waals surface area contributed by atoms with E-state index in [9.17, 15) is 4.79 Å². The molecule has 1 aromatic rings. The number of fused-ring (bicyclic) bond motifs is 1. The van der Waals surface area contributed by atoms with Crippen LogP contribution in [0.25, 0.3) is 0 Å². The molecule has 1 aliphatic heterocycles. The minimum atomic E-state index is -0.328. The van der Waals surface area contributed by atoms with Gasteiger partial charge in [-0.3, -0.25) is 4.79 Å². The van der Waals surface area contributed by atoms with Gasteiger partial charge >= 0.3 is 0 Å². The van der Waals surface area contributed by atoms with Crippen LogP contribution in [0.15, 0.2) is 11.4 Å². The number of hydrogen-bond donors (Lipinski definition) is 2. The van der Waals surface area contributed by atoms with E-state index in [1.807, 2.05) is 13.8 Å². The Kier molecular flexibility index (Phi) is 3.80. The molecule has 17 heavy (non-hydrogen) atoms. The van der Waals surface area contributed by atoms with Crippen molar-refractivity contribution in [2.75, 3.05) is 12.3 Å². The minimum Gasteiger partial charge on any atom is -0.349 e. The summed E-state index contributed by atoms with van der Waals surface area (Å²) < 4.78 is 0. The molecule has 2 rings (SSSR count). The van der Waals surface area contributed by atoms with Crippen LogP contribution in [0.1, 0.15) is 29.5 Å². The second-order valence-corrected chi connectivity index (χ2v) is 7.09. The Morgan fingerprint density at radius 3 is 3.12 bits per heavy atom. The van der Waals surface area contributed by atoms with E-state index in [1.165, 1.54) is 10.4 Å². The lowest BCUT2D eigenvalue weighted by molar-refractivity contribution is -0.122. The number of nitrogens with one attached hydrogen (secondary N) is 1. The highest BCUT2D eigenvalue weighted by Crippen LogP contribution is 2.39. The summed E-state index contributed by atoms with van der Waals surface area (Å²) in [7, 11) is 0. The highest BCUT2D eigenvalue weighted by molar-refractivity contribution is 8.00. The first kappa shape index (κ1) is 12.9. The van der Waals surface area contributed by atoms with Gasteiger partial charge in [0.15, 0.2) is 0 Å². The van der Waals surface area contributed by atoms with Crippen LogP contribution in [0, 0.1) is 0 Å². The Bertz CT molecular complexity index is 414. The Balaban J connectivity index is 2.12. The maximum absolute atomic E-state index is 12.3. The zero-order valence-corrected chi connectivity index (χ0v) is 11.8. The third kappa shape index (κ3) is 2.84. The lowest BCUT2D eigenvalue weighted by Crippen LogP contribution is -2.50. The van der Waals surface area contributed by atoms with Gasteiger partial charge in [0.05, 0.1) is 0 Å². The number of thiophene rings is 1. The summed E-state index contributed by atoms with van der Waals surface area (Å²) in [4.78, 5) is 13.6. The molecule has 0 bridgehead atoms. The maximum Gasteiger partial charge on any atom is 0.238 e. The van der Waals surface area contributed by atoms with Crippen molar-refractivity contribution in [3.63, 3.8) is 0 Å². The molecule has 0 aliphatic carbocycles. The van der Waals surface area contributed by atoms with Crippen LogP contribution in [-0.4, -0.2) is 23.7 Å². The van der Waals surface area contributed by atoms with E-state index >= 15 is 0 Å².